The lowest BCUT2D eigenvalue weighted by atomic mass is 9.97. The van der Waals surface area contributed by atoms with Crippen molar-refractivity contribution in [2.24, 2.45) is 0 Å². The van der Waals surface area contributed by atoms with Gasteiger partial charge in [-0.2, -0.15) is 0 Å². The molecule has 0 radical (unpaired) electrons. The van der Waals surface area contributed by atoms with Crippen molar-refractivity contribution in [1.29, 1.82) is 0 Å². The summed E-state index contributed by atoms with van der Waals surface area (Å²) in [5, 5.41) is 5.91. The van der Waals surface area contributed by atoms with E-state index in [1.54, 1.807) is 11.0 Å². The van der Waals surface area contributed by atoms with E-state index < -0.39 is 5.72 Å². The lowest BCUT2D eigenvalue weighted by Crippen LogP contribution is -2.61. The summed E-state index contributed by atoms with van der Waals surface area (Å²) in [4.78, 5) is 26.6. The summed E-state index contributed by atoms with van der Waals surface area (Å²) < 4.78 is 6.10. The Morgan fingerprint density at radius 2 is 1.92 bits per heavy atom. The van der Waals surface area contributed by atoms with Crippen molar-refractivity contribution in [3.05, 3.63) is 59.7 Å². The SMILES string of the molecule is Cc1cccc(NC(=O)N2CCC3(CC2)NC(=O)c2ccccc2O3)c1. The molecule has 1 fully saturated rings. The van der Waals surface area contributed by atoms with Crippen molar-refractivity contribution in [1.82, 2.24) is 10.2 Å². The lowest BCUT2D eigenvalue weighted by molar-refractivity contribution is -0.0203. The molecule has 6 heteroatoms. The Morgan fingerprint density at radius 3 is 2.69 bits per heavy atom. The molecule has 0 unspecified atom stereocenters. The summed E-state index contributed by atoms with van der Waals surface area (Å²) in [6, 6.07) is 14.8. The molecule has 0 bridgehead atoms. The Labute approximate surface area is 152 Å². The van der Waals surface area contributed by atoms with Gasteiger partial charge in [-0.25, -0.2) is 4.79 Å². The molecule has 0 aromatic heterocycles. The standard InChI is InChI=1S/C20H21N3O3/c1-14-5-4-6-15(13-14)21-19(25)23-11-9-20(10-12-23)22-18(24)16-7-2-3-8-17(16)26-20/h2-8,13H,9-12H2,1H3,(H,21,25)(H,22,24). The molecule has 1 spiro atoms. The van der Waals surface area contributed by atoms with E-state index in [2.05, 4.69) is 10.6 Å². The third-order valence-electron chi connectivity index (χ3n) is 4.91. The van der Waals surface area contributed by atoms with Crippen LogP contribution in [-0.2, 0) is 0 Å². The van der Waals surface area contributed by atoms with Crippen LogP contribution in [0, 0.1) is 6.92 Å². The number of urea groups is 1. The number of hydrogen-bond acceptors (Lipinski definition) is 3. The molecule has 26 heavy (non-hydrogen) atoms. The van der Waals surface area contributed by atoms with Crippen molar-refractivity contribution in [3.63, 3.8) is 0 Å². The number of amides is 3. The predicted octanol–water partition coefficient (Wildman–Crippen LogP) is 3.14. The highest BCUT2D eigenvalue weighted by molar-refractivity contribution is 5.98. The van der Waals surface area contributed by atoms with E-state index in [4.69, 9.17) is 4.74 Å². The van der Waals surface area contributed by atoms with Crippen LogP contribution in [0.3, 0.4) is 0 Å². The molecule has 6 nitrogen and oxygen atoms in total. The van der Waals surface area contributed by atoms with Gasteiger partial charge in [0.2, 0.25) is 0 Å². The quantitative estimate of drug-likeness (QED) is 0.829. The third kappa shape index (κ3) is 3.10. The molecule has 2 aromatic carbocycles. The van der Waals surface area contributed by atoms with Crippen molar-refractivity contribution in [2.75, 3.05) is 18.4 Å². The number of para-hydroxylation sites is 1. The first-order valence-electron chi connectivity index (χ1n) is 8.78. The highest BCUT2D eigenvalue weighted by Crippen LogP contribution is 2.33. The van der Waals surface area contributed by atoms with E-state index in [1.165, 1.54) is 0 Å². The van der Waals surface area contributed by atoms with Gasteiger partial charge in [-0.3, -0.25) is 4.79 Å². The molecule has 1 saturated heterocycles. The maximum atomic E-state index is 12.5. The number of likely N-dealkylation sites (tertiary alicyclic amines) is 1. The highest BCUT2D eigenvalue weighted by atomic mass is 16.5. The van der Waals surface area contributed by atoms with Gasteiger partial charge in [0.25, 0.3) is 5.91 Å². The fourth-order valence-corrected chi connectivity index (χ4v) is 3.48. The fraction of sp³-hybridized carbons (Fsp3) is 0.300. The molecule has 0 saturated carbocycles. The van der Waals surface area contributed by atoms with Crippen molar-refractivity contribution in [3.8, 4) is 5.75 Å². The van der Waals surface area contributed by atoms with Gasteiger partial charge in [0.05, 0.1) is 5.56 Å². The molecule has 2 heterocycles. The number of benzene rings is 2. The minimum atomic E-state index is -0.731. The number of ether oxygens (including phenoxy) is 1. The first-order chi connectivity index (χ1) is 12.5. The zero-order chi connectivity index (χ0) is 18.1. The van der Waals surface area contributed by atoms with E-state index in [1.807, 2.05) is 49.4 Å². The molecule has 3 amide bonds. The second-order valence-corrected chi connectivity index (χ2v) is 6.83. The first kappa shape index (κ1) is 16.4. The maximum absolute atomic E-state index is 12.5. The third-order valence-corrected chi connectivity index (χ3v) is 4.91. The average molecular weight is 351 g/mol. The summed E-state index contributed by atoms with van der Waals surface area (Å²) >= 11 is 0. The Bertz CT molecular complexity index is 857. The van der Waals surface area contributed by atoms with Crippen LogP contribution in [0.25, 0.3) is 0 Å². The zero-order valence-electron chi connectivity index (χ0n) is 14.6. The Hall–Kier alpha value is -3.02. The van der Waals surface area contributed by atoms with Crippen LogP contribution in [0.4, 0.5) is 10.5 Å². The van der Waals surface area contributed by atoms with Gasteiger partial charge in [-0.05, 0) is 36.8 Å². The monoisotopic (exact) mass is 351 g/mol. The average Bonchev–Trinajstić information content (AvgIpc) is 2.62. The number of fused-ring (bicyclic) bond motifs is 1. The highest BCUT2D eigenvalue weighted by Gasteiger charge is 2.43. The fourth-order valence-electron chi connectivity index (χ4n) is 3.48. The van der Waals surface area contributed by atoms with E-state index in [9.17, 15) is 9.59 Å². The number of carbonyl (C=O) groups is 2. The van der Waals surface area contributed by atoms with Crippen molar-refractivity contribution in [2.45, 2.75) is 25.5 Å². The van der Waals surface area contributed by atoms with Gasteiger partial charge in [0, 0.05) is 31.6 Å². The van der Waals surface area contributed by atoms with E-state index in [-0.39, 0.29) is 11.9 Å². The Kier molecular flexibility index (Phi) is 4.03. The Morgan fingerprint density at radius 1 is 1.15 bits per heavy atom. The van der Waals surface area contributed by atoms with Crippen LogP contribution in [0.15, 0.2) is 48.5 Å². The van der Waals surface area contributed by atoms with Crippen LogP contribution < -0.4 is 15.4 Å². The van der Waals surface area contributed by atoms with Crippen molar-refractivity contribution >= 4 is 17.6 Å². The number of carbonyl (C=O) groups excluding carboxylic acids is 2. The molecule has 2 aliphatic rings. The number of hydrogen-bond donors (Lipinski definition) is 2. The lowest BCUT2D eigenvalue weighted by Gasteiger charge is -2.44. The van der Waals surface area contributed by atoms with E-state index in [0.29, 0.717) is 37.2 Å². The molecule has 0 aliphatic carbocycles. The minimum Gasteiger partial charge on any atom is -0.467 e. The summed E-state index contributed by atoms with van der Waals surface area (Å²) in [5.74, 6) is 0.485. The molecular weight excluding hydrogens is 330 g/mol. The maximum Gasteiger partial charge on any atom is 0.321 e. The number of rotatable bonds is 1. The van der Waals surface area contributed by atoms with Crippen LogP contribution in [0.2, 0.25) is 0 Å². The topological polar surface area (TPSA) is 70.7 Å². The molecule has 2 aliphatic heterocycles. The van der Waals surface area contributed by atoms with E-state index in [0.717, 1.165) is 11.3 Å². The van der Waals surface area contributed by atoms with Crippen molar-refractivity contribution < 1.29 is 14.3 Å². The van der Waals surface area contributed by atoms with E-state index >= 15 is 0 Å². The molecule has 0 atom stereocenters. The summed E-state index contributed by atoms with van der Waals surface area (Å²) in [6.45, 7) is 3.02. The number of piperidine rings is 1. The van der Waals surface area contributed by atoms with Gasteiger partial charge in [0.15, 0.2) is 5.72 Å². The second-order valence-electron chi connectivity index (χ2n) is 6.83. The van der Waals surface area contributed by atoms with Crippen LogP contribution in [0.5, 0.6) is 5.75 Å². The molecule has 134 valence electrons. The molecular formula is C20H21N3O3. The normalized spacial score (nSPS) is 17.9. The Balaban J connectivity index is 1.41. The number of nitrogens with zero attached hydrogens (tertiary/aromatic N) is 1. The van der Waals surface area contributed by atoms with Crippen LogP contribution in [-0.4, -0.2) is 35.7 Å². The van der Waals surface area contributed by atoms with Gasteiger partial charge in [-0.1, -0.05) is 24.3 Å². The summed E-state index contributed by atoms with van der Waals surface area (Å²) in [6.07, 6.45) is 1.10. The first-order valence-corrected chi connectivity index (χ1v) is 8.78. The molecule has 2 N–H and O–H groups in total. The molecule has 4 rings (SSSR count). The van der Waals surface area contributed by atoms with Gasteiger partial charge >= 0.3 is 6.03 Å². The van der Waals surface area contributed by atoms with Gasteiger partial charge < -0.3 is 20.3 Å². The second kappa shape index (κ2) is 6.37. The van der Waals surface area contributed by atoms with Gasteiger partial charge in [-0.15, -0.1) is 0 Å². The number of aryl methyl sites for hydroxylation is 1. The predicted molar refractivity (Wildman–Crippen MR) is 98.3 cm³/mol. The zero-order valence-corrected chi connectivity index (χ0v) is 14.6. The molecule has 2 aromatic rings. The smallest absolute Gasteiger partial charge is 0.321 e. The van der Waals surface area contributed by atoms with Gasteiger partial charge in [0.1, 0.15) is 5.75 Å². The summed E-state index contributed by atoms with van der Waals surface area (Å²) in [7, 11) is 0. The number of anilines is 1. The van der Waals surface area contributed by atoms with Crippen LogP contribution in [0.1, 0.15) is 28.8 Å². The summed E-state index contributed by atoms with van der Waals surface area (Å²) in [5.41, 5.74) is 1.70. The number of nitrogens with one attached hydrogen (secondary N) is 2. The van der Waals surface area contributed by atoms with Crippen LogP contribution >= 0.6 is 0 Å². The largest absolute Gasteiger partial charge is 0.467 e. The minimum absolute atomic E-state index is 0.121.